The number of para-hydroxylation sites is 1. The van der Waals surface area contributed by atoms with Crippen LogP contribution in [-0.2, 0) is 0 Å². The van der Waals surface area contributed by atoms with E-state index in [2.05, 4.69) is 15.3 Å². The lowest BCUT2D eigenvalue weighted by Crippen LogP contribution is -2.12. The molecule has 0 unspecified atom stereocenters. The molecule has 0 aliphatic heterocycles. The minimum atomic E-state index is -0.242. The first-order chi connectivity index (χ1) is 10.7. The number of rotatable bonds is 3. The van der Waals surface area contributed by atoms with Gasteiger partial charge in [-0.15, -0.1) is 0 Å². The fourth-order valence-corrected chi connectivity index (χ4v) is 2.04. The topological polar surface area (TPSA) is 54.9 Å². The third-order valence-corrected chi connectivity index (χ3v) is 3.30. The number of hydrogen-bond acceptors (Lipinski definition) is 3. The van der Waals surface area contributed by atoms with Crippen molar-refractivity contribution in [2.45, 2.75) is 0 Å². The second-order valence-electron chi connectivity index (χ2n) is 4.62. The van der Waals surface area contributed by atoms with Crippen molar-refractivity contribution in [3.8, 4) is 11.4 Å². The van der Waals surface area contributed by atoms with Crippen molar-refractivity contribution in [1.82, 2.24) is 9.97 Å². The van der Waals surface area contributed by atoms with E-state index in [1.807, 2.05) is 42.5 Å². The Kier molecular flexibility index (Phi) is 4.12. The van der Waals surface area contributed by atoms with Crippen molar-refractivity contribution in [3.05, 3.63) is 77.6 Å². The van der Waals surface area contributed by atoms with Crippen molar-refractivity contribution >= 4 is 23.2 Å². The fourth-order valence-electron chi connectivity index (χ4n) is 1.92. The van der Waals surface area contributed by atoms with Gasteiger partial charge in [-0.25, -0.2) is 9.97 Å². The van der Waals surface area contributed by atoms with Crippen molar-refractivity contribution in [2.24, 2.45) is 0 Å². The van der Waals surface area contributed by atoms with Gasteiger partial charge in [0.25, 0.3) is 5.91 Å². The highest BCUT2D eigenvalue weighted by molar-refractivity contribution is 6.30. The first-order valence-corrected chi connectivity index (χ1v) is 7.04. The van der Waals surface area contributed by atoms with E-state index in [1.54, 1.807) is 12.1 Å². The van der Waals surface area contributed by atoms with Crippen LogP contribution in [0.4, 0.5) is 5.69 Å². The Hall–Kier alpha value is -2.72. The van der Waals surface area contributed by atoms with Crippen molar-refractivity contribution in [1.29, 1.82) is 0 Å². The molecule has 0 fully saturated rings. The third-order valence-electron chi connectivity index (χ3n) is 3.05. The molecule has 108 valence electrons. The lowest BCUT2D eigenvalue weighted by atomic mass is 10.2. The van der Waals surface area contributed by atoms with Crippen LogP contribution in [0.2, 0.25) is 5.02 Å². The summed E-state index contributed by atoms with van der Waals surface area (Å²) in [7, 11) is 0. The van der Waals surface area contributed by atoms with Crippen molar-refractivity contribution in [2.75, 3.05) is 5.32 Å². The average molecular weight is 310 g/mol. The molecule has 5 heteroatoms. The van der Waals surface area contributed by atoms with Crippen LogP contribution in [0.25, 0.3) is 11.4 Å². The van der Waals surface area contributed by atoms with Gasteiger partial charge in [-0.05, 0) is 36.4 Å². The minimum absolute atomic E-state index is 0.242. The van der Waals surface area contributed by atoms with E-state index in [9.17, 15) is 4.79 Å². The van der Waals surface area contributed by atoms with E-state index in [0.717, 1.165) is 11.3 Å². The first kappa shape index (κ1) is 14.2. The van der Waals surface area contributed by atoms with Crippen LogP contribution in [0, 0.1) is 0 Å². The molecule has 0 bridgehead atoms. The van der Waals surface area contributed by atoms with Gasteiger partial charge in [0.2, 0.25) is 0 Å². The highest BCUT2D eigenvalue weighted by atomic mass is 35.5. The zero-order valence-electron chi connectivity index (χ0n) is 11.5. The molecule has 0 saturated carbocycles. The van der Waals surface area contributed by atoms with Gasteiger partial charge in [-0.2, -0.15) is 0 Å². The van der Waals surface area contributed by atoms with Gasteiger partial charge in [0.05, 0.1) is 5.56 Å². The Balaban J connectivity index is 1.76. The maximum absolute atomic E-state index is 12.1. The number of benzene rings is 2. The number of nitrogens with zero attached hydrogens (tertiary/aromatic N) is 2. The van der Waals surface area contributed by atoms with E-state index < -0.39 is 0 Å². The average Bonchev–Trinajstić information content (AvgIpc) is 2.57. The molecule has 0 atom stereocenters. The number of carbonyl (C=O) groups is 1. The summed E-state index contributed by atoms with van der Waals surface area (Å²) in [5.74, 6) is 0.307. The monoisotopic (exact) mass is 309 g/mol. The summed E-state index contributed by atoms with van der Waals surface area (Å²) in [6.07, 6.45) is 3.02. The smallest absolute Gasteiger partial charge is 0.258 e. The third kappa shape index (κ3) is 3.30. The Bertz CT molecular complexity index is 771. The number of amides is 1. The van der Waals surface area contributed by atoms with Crippen LogP contribution in [0.1, 0.15) is 10.4 Å². The summed E-state index contributed by atoms with van der Waals surface area (Å²) in [5, 5.41) is 3.44. The van der Waals surface area contributed by atoms with Crippen LogP contribution in [-0.4, -0.2) is 15.9 Å². The van der Waals surface area contributed by atoms with Gasteiger partial charge >= 0.3 is 0 Å². The van der Waals surface area contributed by atoms with Crippen molar-refractivity contribution < 1.29 is 4.79 Å². The quantitative estimate of drug-likeness (QED) is 0.794. The van der Waals surface area contributed by atoms with Crippen LogP contribution in [0.5, 0.6) is 0 Å². The van der Waals surface area contributed by atoms with Crippen molar-refractivity contribution in [3.63, 3.8) is 0 Å². The van der Waals surface area contributed by atoms with Gasteiger partial charge < -0.3 is 5.32 Å². The molecule has 4 nitrogen and oxygen atoms in total. The summed E-state index contributed by atoms with van der Waals surface area (Å²) in [6, 6.07) is 16.5. The molecular weight excluding hydrogens is 298 g/mol. The van der Waals surface area contributed by atoms with Gasteiger partial charge in [0.15, 0.2) is 5.82 Å². The van der Waals surface area contributed by atoms with E-state index in [1.165, 1.54) is 12.4 Å². The second kappa shape index (κ2) is 6.37. The molecule has 2 aromatic carbocycles. The molecule has 0 spiro atoms. The van der Waals surface area contributed by atoms with E-state index in [-0.39, 0.29) is 5.91 Å². The number of carbonyl (C=O) groups excluding carboxylic acids is 1. The minimum Gasteiger partial charge on any atom is -0.322 e. The Labute approximate surface area is 132 Å². The van der Waals surface area contributed by atoms with E-state index in [0.29, 0.717) is 16.4 Å². The molecule has 1 N–H and O–H groups in total. The van der Waals surface area contributed by atoms with Gasteiger partial charge in [0.1, 0.15) is 0 Å². The SMILES string of the molecule is O=C(Nc1ccccc1)c1cnc(-c2ccc(Cl)cc2)nc1. The summed E-state index contributed by atoms with van der Waals surface area (Å²) < 4.78 is 0. The summed E-state index contributed by atoms with van der Waals surface area (Å²) in [6.45, 7) is 0. The van der Waals surface area contributed by atoms with Crippen LogP contribution in [0.3, 0.4) is 0 Å². The molecule has 0 radical (unpaired) electrons. The maximum Gasteiger partial charge on any atom is 0.258 e. The molecule has 1 amide bonds. The molecule has 0 saturated heterocycles. The molecule has 3 aromatic rings. The van der Waals surface area contributed by atoms with Gasteiger partial charge in [-0.3, -0.25) is 4.79 Å². The van der Waals surface area contributed by atoms with Crippen LogP contribution in [0.15, 0.2) is 67.0 Å². The highest BCUT2D eigenvalue weighted by Crippen LogP contribution is 2.18. The number of aromatic nitrogens is 2. The molecule has 1 heterocycles. The van der Waals surface area contributed by atoms with Crippen LogP contribution < -0.4 is 5.32 Å². The Morgan fingerprint density at radius 1 is 0.909 bits per heavy atom. The molecule has 22 heavy (non-hydrogen) atoms. The molecule has 1 aromatic heterocycles. The largest absolute Gasteiger partial charge is 0.322 e. The molecule has 0 aliphatic carbocycles. The number of anilines is 1. The zero-order valence-corrected chi connectivity index (χ0v) is 12.3. The lowest BCUT2D eigenvalue weighted by Gasteiger charge is -2.05. The summed E-state index contributed by atoms with van der Waals surface area (Å²) in [5.41, 5.74) is 1.98. The van der Waals surface area contributed by atoms with E-state index >= 15 is 0 Å². The van der Waals surface area contributed by atoms with Crippen LogP contribution >= 0.6 is 11.6 Å². The highest BCUT2D eigenvalue weighted by Gasteiger charge is 2.08. The molecular formula is C17H12ClN3O. The predicted molar refractivity (Wildman–Crippen MR) is 86.9 cm³/mol. The number of nitrogens with one attached hydrogen (secondary N) is 1. The van der Waals surface area contributed by atoms with Gasteiger partial charge in [0, 0.05) is 28.7 Å². The lowest BCUT2D eigenvalue weighted by molar-refractivity contribution is 0.102. The standard InChI is InChI=1S/C17H12ClN3O/c18-14-8-6-12(7-9-14)16-19-10-13(11-20-16)17(22)21-15-4-2-1-3-5-15/h1-11H,(H,21,22). The predicted octanol–water partition coefficient (Wildman–Crippen LogP) is 4.05. The molecule has 0 aliphatic rings. The summed E-state index contributed by atoms with van der Waals surface area (Å²) >= 11 is 5.85. The fraction of sp³-hybridized carbons (Fsp3) is 0. The second-order valence-corrected chi connectivity index (χ2v) is 5.06. The first-order valence-electron chi connectivity index (χ1n) is 6.67. The Morgan fingerprint density at radius 2 is 1.55 bits per heavy atom. The van der Waals surface area contributed by atoms with Gasteiger partial charge in [-0.1, -0.05) is 29.8 Å². The normalized spacial score (nSPS) is 10.2. The summed E-state index contributed by atoms with van der Waals surface area (Å²) in [4.78, 5) is 20.6. The number of halogens is 1. The van der Waals surface area contributed by atoms with E-state index in [4.69, 9.17) is 11.6 Å². The Morgan fingerprint density at radius 3 is 2.18 bits per heavy atom. The zero-order chi connectivity index (χ0) is 15.4. The molecule has 3 rings (SSSR count). The maximum atomic E-state index is 12.1. The number of hydrogen-bond donors (Lipinski definition) is 1.